The van der Waals surface area contributed by atoms with Crippen LogP contribution in [0.15, 0.2) is 54.7 Å². The highest BCUT2D eigenvalue weighted by Crippen LogP contribution is 2.25. The van der Waals surface area contributed by atoms with Crippen LogP contribution in [0.25, 0.3) is 5.69 Å². The van der Waals surface area contributed by atoms with E-state index in [1.54, 1.807) is 48.3 Å². The number of nitrogens with one attached hydrogen (secondary N) is 1. The summed E-state index contributed by atoms with van der Waals surface area (Å²) in [6.45, 7) is 1.96. The summed E-state index contributed by atoms with van der Waals surface area (Å²) in [5.74, 6) is 0.719. The average Bonchev–Trinajstić information content (AvgIpc) is 3.22. The summed E-state index contributed by atoms with van der Waals surface area (Å²) in [5, 5.41) is 16.5. The fraction of sp³-hybridized carbons (Fsp3) is 0.190. The van der Waals surface area contributed by atoms with E-state index in [-0.39, 0.29) is 5.69 Å². The van der Waals surface area contributed by atoms with Crippen molar-refractivity contribution >= 4 is 5.91 Å². The summed E-state index contributed by atoms with van der Waals surface area (Å²) in [6.07, 6.45) is 1.68. The Labute approximate surface area is 163 Å². The summed E-state index contributed by atoms with van der Waals surface area (Å²) in [5.41, 5.74) is 2.54. The summed E-state index contributed by atoms with van der Waals surface area (Å²) < 4.78 is 12.2. The number of nitrogens with zero attached hydrogens (tertiary/aromatic N) is 3. The molecule has 3 aromatic rings. The average molecular weight is 376 g/mol. The number of hydrogen-bond acceptors (Lipinski definition) is 5. The van der Waals surface area contributed by atoms with Crippen LogP contribution in [0, 0.1) is 18.3 Å². The van der Waals surface area contributed by atoms with Crippen molar-refractivity contribution in [1.82, 2.24) is 15.1 Å². The van der Waals surface area contributed by atoms with Gasteiger partial charge in [-0.3, -0.25) is 4.79 Å². The van der Waals surface area contributed by atoms with Gasteiger partial charge in [-0.2, -0.15) is 10.4 Å². The molecule has 0 saturated heterocycles. The Kier molecular flexibility index (Phi) is 5.61. The highest BCUT2D eigenvalue weighted by molar-refractivity contribution is 5.92. The van der Waals surface area contributed by atoms with Crippen molar-refractivity contribution in [2.45, 2.75) is 13.0 Å². The van der Waals surface area contributed by atoms with Crippen LogP contribution in [0.3, 0.4) is 0 Å². The van der Waals surface area contributed by atoms with Gasteiger partial charge in [-0.25, -0.2) is 4.68 Å². The van der Waals surface area contributed by atoms with Crippen molar-refractivity contribution < 1.29 is 14.3 Å². The van der Waals surface area contributed by atoms with E-state index < -0.39 is 11.9 Å². The molecule has 0 aliphatic rings. The van der Waals surface area contributed by atoms with Crippen LogP contribution in [-0.2, 0) is 0 Å². The van der Waals surface area contributed by atoms with E-state index in [0.29, 0.717) is 17.1 Å². The molecule has 0 saturated carbocycles. The fourth-order valence-electron chi connectivity index (χ4n) is 2.85. The van der Waals surface area contributed by atoms with E-state index in [2.05, 4.69) is 16.5 Å². The van der Waals surface area contributed by atoms with E-state index in [9.17, 15) is 10.1 Å². The third kappa shape index (κ3) is 3.81. The molecule has 0 radical (unpaired) electrons. The van der Waals surface area contributed by atoms with E-state index in [4.69, 9.17) is 9.47 Å². The number of methoxy groups -OCH3 is 2. The van der Waals surface area contributed by atoms with Gasteiger partial charge in [0.25, 0.3) is 5.91 Å². The molecule has 28 heavy (non-hydrogen) atoms. The van der Waals surface area contributed by atoms with E-state index in [0.717, 1.165) is 11.3 Å². The van der Waals surface area contributed by atoms with Crippen LogP contribution < -0.4 is 14.8 Å². The van der Waals surface area contributed by atoms with Crippen molar-refractivity contribution in [3.8, 4) is 23.3 Å². The van der Waals surface area contributed by atoms with Crippen molar-refractivity contribution in [3.63, 3.8) is 0 Å². The maximum absolute atomic E-state index is 12.6. The number of benzene rings is 2. The van der Waals surface area contributed by atoms with E-state index in [1.807, 2.05) is 25.1 Å². The van der Waals surface area contributed by atoms with Crippen molar-refractivity contribution in [1.29, 1.82) is 5.26 Å². The lowest BCUT2D eigenvalue weighted by molar-refractivity contribution is 0.0939. The summed E-state index contributed by atoms with van der Waals surface area (Å²) in [7, 11) is 3.10. The number of para-hydroxylation sites is 1. The number of aryl methyl sites for hydroxylation is 1. The number of hydrogen-bond donors (Lipinski definition) is 1. The molecule has 1 heterocycles. The zero-order chi connectivity index (χ0) is 20.1. The van der Waals surface area contributed by atoms with E-state index in [1.165, 1.54) is 7.11 Å². The minimum absolute atomic E-state index is 0.193. The first-order valence-electron chi connectivity index (χ1n) is 8.61. The number of carbonyl (C=O) groups is 1. The molecule has 0 fully saturated rings. The molecule has 0 bridgehead atoms. The first-order chi connectivity index (χ1) is 13.6. The number of carbonyl (C=O) groups excluding carboxylic acids is 1. The third-order valence-corrected chi connectivity index (χ3v) is 4.26. The van der Waals surface area contributed by atoms with Gasteiger partial charge >= 0.3 is 0 Å². The Bertz CT molecular complexity index is 1040. The molecule has 1 atom stereocenters. The molecule has 3 rings (SSSR count). The van der Waals surface area contributed by atoms with Gasteiger partial charge in [-0.1, -0.05) is 24.3 Å². The van der Waals surface area contributed by atoms with Crippen LogP contribution in [0.5, 0.6) is 11.5 Å². The van der Waals surface area contributed by atoms with Crippen molar-refractivity contribution in [2.75, 3.05) is 14.2 Å². The Hall–Kier alpha value is -3.79. The minimum Gasteiger partial charge on any atom is -0.496 e. The zero-order valence-corrected chi connectivity index (χ0v) is 15.8. The second-order valence-electron chi connectivity index (χ2n) is 6.10. The molecule has 1 amide bonds. The molecule has 0 spiro atoms. The minimum atomic E-state index is -0.859. The Morgan fingerprint density at radius 1 is 1.14 bits per heavy atom. The number of amides is 1. The standard InChI is InChI=1S/C21H20N4O3/c1-14-8-9-20(28-3)18(12-14)25-11-10-16(24-25)21(26)23-17(13-22)15-6-4-5-7-19(15)27-2/h4-12,17H,1-3H3,(H,23,26). The van der Waals surface area contributed by atoms with Gasteiger partial charge in [-0.15, -0.1) is 0 Å². The van der Waals surface area contributed by atoms with Crippen LogP contribution in [0.1, 0.15) is 27.7 Å². The van der Waals surface area contributed by atoms with Gasteiger partial charge in [0.05, 0.1) is 20.3 Å². The van der Waals surface area contributed by atoms with Gasteiger partial charge in [-0.05, 0) is 36.8 Å². The number of nitriles is 1. The maximum atomic E-state index is 12.6. The van der Waals surface area contributed by atoms with Gasteiger partial charge in [0, 0.05) is 11.8 Å². The van der Waals surface area contributed by atoms with Crippen molar-refractivity contribution in [2.24, 2.45) is 0 Å². The normalized spacial score (nSPS) is 11.4. The van der Waals surface area contributed by atoms with Gasteiger partial charge < -0.3 is 14.8 Å². The number of rotatable bonds is 6. The molecule has 7 heteroatoms. The SMILES string of the molecule is COc1ccccc1C(C#N)NC(=O)c1ccn(-c2cc(C)ccc2OC)n1. The molecule has 142 valence electrons. The number of aromatic nitrogens is 2. The van der Waals surface area contributed by atoms with E-state index >= 15 is 0 Å². The first-order valence-corrected chi connectivity index (χ1v) is 8.61. The Morgan fingerprint density at radius 2 is 1.89 bits per heavy atom. The number of ether oxygens (including phenoxy) is 2. The second kappa shape index (κ2) is 8.27. The highest BCUT2D eigenvalue weighted by Gasteiger charge is 2.20. The summed E-state index contributed by atoms with van der Waals surface area (Å²) in [6, 6.07) is 15.6. The molecule has 1 N–H and O–H groups in total. The van der Waals surface area contributed by atoms with Gasteiger partial charge in [0.2, 0.25) is 0 Å². The molecular weight excluding hydrogens is 356 g/mol. The maximum Gasteiger partial charge on any atom is 0.273 e. The Morgan fingerprint density at radius 3 is 2.61 bits per heavy atom. The fourth-order valence-corrected chi connectivity index (χ4v) is 2.85. The highest BCUT2D eigenvalue weighted by atomic mass is 16.5. The smallest absolute Gasteiger partial charge is 0.273 e. The van der Waals surface area contributed by atoms with Crippen LogP contribution in [0.4, 0.5) is 0 Å². The second-order valence-corrected chi connectivity index (χ2v) is 6.10. The lowest BCUT2D eigenvalue weighted by Gasteiger charge is -2.14. The van der Waals surface area contributed by atoms with Crippen molar-refractivity contribution in [3.05, 3.63) is 71.5 Å². The molecule has 1 unspecified atom stereocenters. The predicted octanol–water partition coefficient (Wildman–Crippen LogP) is 3.19. The largest absolute Gasteiger partial charge is 0.496 e. The molecule has 0 aliphatic heterocycles. The lowest BCUT2D eigenvalue weighted by atomic mass is 10.1. The third-order valence-electron chi connectivity index (χ3n) is 4.26. The quantitative estimate of drug-likeness (QED) is 0.714. The topological polar surface area (TPSA) is 89.2 Å². The summed E-state index contributed by atoms with van der Waals surface area (Å²) in [4.78, 5) is 12.6. The lowest BCUT2D eigenvalue weighted by Crippen LogP contribution is -2.28. The van der Waals surface area contributed by atoms with Gasteiger partial charge in [0.15, 0.2) is 5.69 Å². The van der Waals surface area contributed by atoms with Crippen LogP contribution in [0.2, 0.25) is 0 Å². The van der Waals surface area contributed by atoms with Crippen LogP contribution in [-0.4, -0.2) is 29.9 Å². The van der Waals surface area contributed by atoms with Crippen LogP contribution >= 0.6 is 0 Å². The molecule has 2 aromatic carbocycles. The molecule has 1 aromatic heterocycles. The molecule has 7 nitrogen and oxygen atoms in total. The predicted molar refractivity (Wildman–Crippen MR) is 104 cm³/mol. The first kappa shape index (κ1) is 19.0. The van der Waals surface area contributed by atoms with Gasteiger partial charge in [0.1, 0.15) is 23.2 Å². The zero-order valence-electron chi connectivity index (χ0n) is 15.8. The Balaban J connectivity index is 1.85. The molecule has 0 aliphatic carbocycles. The monoisotopic (exact) mass is 376 g/mol. The summed E-state index contributed by atoms with van der Waals surface area (Å²) >= 11 is 0. The molecular formula is C21H20N4O3.